The van der Waals surface area contributed by atoms with Crippen molar-refractivity contribution in [2.45, 2.75) is 64.7 Å². The van der Waals surface area contributed by atoms with E-state index in [1.54, 1.807) is 6.08 Å². The summed E-state index contributed by atoms with van der Waals surface area (Å²) in [5, 5.41) is 0. The topological polar surface area (TPSA) is 61.6 Å². The number of carbonyl (C=O) groups excluding carboxylic acids is 1. The smallest absolute Gasteiger partial charge is 0.399 e. The Bertz CT molecular complexity index is 476. The molecule has 1 aliphatic heterocycles. The molecule has 4 nitrogen and oxygen atoms in total. The molecule has 1 saturated heterocycles. The first-order valence-electron chi connectivity index (χ1n) is 7.59. The number of nitrogens with two attached hydrogens (primary N) is 1. The highest BCUT2D eigenvalue weighted by molar-refractivity contribution is 6.56. The van der Waals surface area contributed by atoms with Gasteiger partial charge in [0, 0.05) is 5.92 Å². The van der Waals surface area contributed by atoms with E-state index < -0.39 is 24.4 Å². The Labute approximate surface area is 127 Å². The van der Waals surface area contributed by atoms with Crippen molar-refractivity contribution >= 4 is 12.9 Å². The SMILES string of the molecule is C=C/C(B1OC(C)(C)C(C)(C)O1)=C(/C)C(N)C(=O)C1CC1. The Kier molecular flexibility index (Phi) is 4.22. The van der Waals surface area contributed by atoms with Crippen molar-refractivity contribution in [1.29, 1.82) is 0 Å². The molecule has 1 aliphatic carbocycles. The third-order valence-electron chi connectivity index (χ3n) is 4.94. The maximum Gasteiger partial charge on any atom is 0.494 e. The van der Waals surface area contributed by atoms with Crippen LogP contribution in [0.3, 0.4) is 0 Å². The van der Waals surface area contributed by atoms with E-state index in [0.717, 1.165) is 23.9 Å². The first kappa shape index (κ1) is 16.5. The zero-order valence-electron chi connectivity index (χ0n) is 13.7. The minimum atomic E-state index is -0.593. The number of rotatable bonds is 5. The van der Waals surface area contributed by atoms with Gasteiger partial charge in [-0.05, 0) is 58.5 Å². The molecule has 0 amide bonds. The molecule has 1 saturated carbocycles. The van der Waals surface area contributed by atoms with Gasteiger partial charge in [0.05, 0.1) is 17.2 Å². The molecule has 0 bridgehead atoms. The van der Waals surface area contributed by atoms with E-state index >= 15 is 0 Å². The van der Waals surface area contributed by atoms with Crippen LogP contribution in [0, 0.1) is 5.92 Å². The van der Waals surface area contributed by atoms with Gasteiger partial charge >= 0.3 is 7.12 Å². The number of hydrogen-bond donors (Lipinski definition) is 1. The fourth-order valence-corrected chi connectivity index (χ4v) is 2.43. The van der Waals surface area contributed by atoms with Crippen LogP contribution in [0.1, 0.15) is 47.5 Å². The normalized spacial score (nSPS) is 26.3. The lowest BCUT2D eigenvalue weighted by atomic mass is 9.73. The number of Topliss-reactive ketones (excluding diaryl/α,β-unsaturated/α-hetero) is 1. The monoisotopic (exact) mass is 291 g/mol. The fourth-order valence-electron chi connectivity index (χ4n) is 2.43. The summed E-state index contributed by atoms with van der Waals surface area (Å²) in [5.41, 5.74) is 6.84. The maximum absolute atomic E-state index is 12.2. The number of ketones is 1. The van der Waals surface area contributed by atoms with E-state index in [2.05, 4.69) is 6.58 Å². The molecular weight excluding hydrogens is 265 g/mol. The van der Waals surface area contributed by atoms with E-state index in [4.69, 9.17) is 15.0 Å². The van der Waals surface area contributed by atoms with Crippen LogP contribution in [-0.4, -0.2) is 30.1 Å². The highest BCUT2D eigenvalue weighted by atomic mass is 16.7. The molecule has 1 atom stereocenters. The first-order chi connectivity index (χ1) is 9.60. The van der Waals surface area contributed by atoms with Crippen LogP contribution < -0.4 is 5.73 Å². The molecular formula is C16H26BNO3. The number of hydrogen-bond acceptors (Lipinski definition) is 4. The van der Waals surface area contributed by atoms with Crippen LogP contribution in [0.2, 0.25) is 0 Å². The van der Waals surface area contributed by atoms with Gasteiger partial charge in [-0.1, -0.05) is 12.7 Å². The summed E-state index contributed by atoms with van der Waals surface area (Å²) in [6.45, 7) is 13.7. The summed E-state index contributed by atoms with van der Waals surface area (Å²) in [7, 11) is -0.523. The molecule has 2 rings (SSSR count). The molecule has 21 heavy (non-hydrogen) atoms. The predicted octanol–water partition coefficient (Wildman–Crippen LogP) is 2.43. The van der Waals surface area contributed by atoms with Gasteiger partial charge in [-0.2, -0.15) is 0 Å². The third kappa shape index (κ3) is 3.00. The third-order valence-corrected chi connectivity index (χ3v) is 4.94. The molecule has 0 radical (unpaired) electrons. The average molecular weight is 291 g/mol. The lowest BCUT2D eigenvalue weighted by Crippen LogP contribution is -2.41. The van der Waals surface area contributed by atoms with Crippen LogP contribution in [0.15, 0.2) is 23.7 Å². The van der Waals surface area contributed by atoms with Gasteiger partial charge in [0.1, 0.15) is 0 Å². The summed E-state index contributed by atoms with van der Waals surface area (Å²) >= 11 is 0. The average Bonchev–Trinajstić information content (AvgIpc) is 3.17. The molecule has 0 aromatic rings. The van der Waals surface area contributed by atoms with Crippen LogP contribution in [-0.2, 0) is 14.1 Å². The van der Waals surface area contributed by atoms with Crippen molar-refractivity contribution in [3.05, 3.63) is 23.7 Å². The summed E-state index contributed by atoms with van der Waals surface area (Å²) in [6.07, 6.45) is 3.61. The number of carbonyl (C=O) groups is 1. The van der Waals surface area contributed by atoms with Crippen LogP contribution in [0.5, 0.6) is 0 Å². The predicted molar refractivity (Wildman–Crippen MR) is 84.7 cm³/mol. The van der Waals surface area contributed by atoms with Crippen LogP contribution >= 0.6 is 0 Å². The van der Waals surface area contributed by atoms with Crippen molar-refractivity contribution in [3.8, 4) is 0 Å². The molecule has 0 aromatic carbocycles. The largest absolute Gasteiger partial charge is 0.494 e. The maximum atomic E-state index is 12.2. The van der Waals surface area contributed by atoms with Crippen LogP contribution in [0.25, 0.3) is 0 Å². The summed E-state index contributed by atoms with van der Waals surface area (Å²) < 4.78 is 12.1. The van der Waals surface area contributed by atoms with Gasteiger partial charge in [-0.3, -0.25) is 4.79 Å². The molecule has 116 valence electrons. The standard InChI is InChI=1S/C16H26BNO3/c1-7-12(10(2)13(18)14(19)11-8-9-11)17-20-15(3,4)16(5,6)21-17/h7,11,13H,1,8-9,18H2,2-6H3/b12-10+. The van der Waals surface area contributed by atoms with Gasteiger partial charge in [0.15, 0.2) is 5.78 Å². The van der Waals surface area contributed by atoms with Crippen molar-refractivity contribution in [1.82, 2.24) is 0 Å². The molecule has 1 heterocycles. The van der Waals surface area contributed by atoms with E-state index in [1.165, 1.54) is 0 Å². The molecule has 0 aromatic heterocycles. The first-order valence-corrected chi connectivity index (χ1v) is 7.59. The molecule has 2 N–H and O–H groups in total. The molecule has 1 unspecified atom stereocenters. The zero-order valence-corrected chi connectivity index (χ0v) is 13.7. The summed E-state index contributed by atoms with van der Waals surface area (Å²) in [4.78, 5) is 12.2. The summed E-state index contributed by atoms with van der Waals surface area (Å²) in [6, 6.07) is -0.593. The molecule has 0 spiro atoms. The Morgan fingerprint density at radius 3 is 2.14 bits per heavy atom. The fraction of sp³-hybridized carbons (Fsp3) is 0.688. The Morgan fingerprint density at radius 2 is 1.76 bits per heavy atom. The van der Waals surface area contributed by atoms with E-state index in [9.17, 15) is 4.79 Å². The highest BCUT2D eigenvalue weighted by Crippen LogP contribution is 2.39. The van der Waals surface area contributed by atoms with Crippen molar-refractivity contribution < 1.29 is 14.1 Å². The highest BCUT2D eigenvalue weighted by Gasteiger charge is 2.52. The van der Waals surface area contributed by atoms with E-state index in [-0.39, 0.29) is 11.7 Å². The quantitative estimate of drug-likeness (QED) is 0.624. The van der Waals surface area contributed by atoms with Gasteiger partial charge < -0.3 is 15.0 Å². The second-order valence-electron chi connectivity index (χ2n) is 7.09. The van der Waals surface area contributed by atoms with Crippen molar-refractivity contribution in [2.24, 2.45) is 11.7 Å². The van der Waals surface area contributed by atoms with Gasteiger partial charge in [-0.25, -0.2) is 0 Å². The minimum Gasteiger partial charge on any atom is -0.399 e. The van der Waals surface area contributed by atoms with E-state index in [0.29, 0.717) is 0 Å². The van der Waals surface area contributed by atoms with Crippen molar-refractivity contribution in [2.75, 3.05) is 0 Å². The van der Waals surface area contributed by atoms with Gasteiger partial charge in [0.25, 0.3) is 0 Å². The second kappa shape index (κ2) is 5.38. The van der Waals surface area contributed by atoms with Crippen LogP contribution in [0.4, 0.5) is 0 Å². The van der Waals surface area contributed by atoms with Crippen molar-refractivity contribution in [3.63, 3.8) is 0 Å². The number of allylic oxidation sites excluding steroid dienone is 2. The van der Waals surface area contributed by atoms with Gasteiger partial charge in [-0.15, -0.1) is 0 Å². The lowest BCUT2D eigenvalue weighted by molar-refractivity contribution is -0.120. The summed E-state index contributed by atoms with van der Waals surface area (Å²) in [5.74, 6) is 0.252. The Hall–Kier alpha value is -0.905. The van der Waals surface area contributed by atoms with Gasteiger partial charge in [0.2, 0.25) is 0 Å². The Balaban J connectivity index is 2.24. The molecule has 2 aliphatic rings. The zero-order chi connectivity index (χ0) is 16.0. The van der Waals surface area contributed by atoms with E-state index in [1.807, 2.05) is 34.6 Å². The Morgan fingerprint density at radius 1 is 1.29 bits per heavy atom. The molecule has 2 fully saturated rings. The molecule has 5 heteroatoms. The lowest BCUT2D eigenvalue weighted by Gasteiger charge is -2.32. The minimum absolute atomic E-state index is 0.114. The second-order valence-corrected chi connectivity index (χ2v) is 7.09.